The summed E-state index contributed by atoms with van der Waals surface area (Å²) >= 11 is 0. The summed E-state index contributed by atoms with van der Waals surface area (Å²) in [4.78, 5) is 27.5. The summed E-state index contributed by atoms with van der Waals surface area (Å²) in [6, 6.07) is 0. The van der Waals surface area contributed by atoms with Crippen molar-refractivity contribution in [1.29, 1.82) is 0 Å². The average Bonchev–Trinajstić information content (AvgIpc) is 2.75. The number of aliphatic hydroxyl groups is 1. The lowest BCUT2D eigenvalue weighted by atomic mass is 10.3. The van der Waals surface area contributed by atoms with Crippen LogP contribution < -0.4 is 21.9 Å². The van der Waals surface area contributed by atoms with E-state index in [0.717, 1.165) is 0 Å². The molecule has 1 saturated heterocycles. The first-order valence-corrected chi connectivity index (χ1v) is 6.09. The monoisotopic (exact) mass is 270 g/mol. The Balaban J connectivity index is 2.43. The largest absolute Gasteiger partial charge is 0.391 e. The number of nitrogens with two attached hydrogens (primary N) is 1. The molecule has 8 nitrogen and oxygen atoms in total. The molecule has 0 aromatic carbocycles. The average molecular weight is 270 g/mol. The predicted octanol–water partition coefficient (Wildman–Crippen LogP) is -1.66. The molecule has 1 aliphatic heterocycles. The Morgan fingerprint density at radius 2 is 2.26 bits per heavy atom. The van der Waals surface area contributed by atoms with Crippen molar-refractivity contribution in [3.63, 3.8) is 0 Å². The van der Waals surface area contributed by atoms with E-state index in [9.17, 15) is 14.7 Å². The molecule has 0 spiro atoms. The van der Waals surface area contributed by atoms with Crippen LogP contribution in [0, 0.1) is 0 Å². The molecule has 0 saturated carbocycles. The Hall–Kier alpha value is -1.80. The molecule has 1 fully saturated rings. The van der Waals surface area contributed by atoms with Crippen molar-refractivity contribution in [2.45, 2.75) is 19.1 Å². The molecule has 1 aliphatic rings. The van der Waals surface area contributed by atoms with Gasteiger partial charge >= 0.3 is 5.69 Å². The van der Waals surface area contributed by atoms with Gasteiger partial charge in [0.1, 0.15) is 11.5 Å². The zero-order valence-corrected chi connectivity index (χ0v) is 10.8. The number of aliphatic hydroxyl groups excluding tert-OH is 1. The number of aromatic nitrogens is 2. The Bertz CT molecular complexity index is 565. The summed E-state index contributed by atoms with van der Waals surface area (Å²) in [7, 11) is 1.52. The van der Waals surface area contributed by atoms with E-state index in [-0.39, 0.29) is 18.1 Å². The number of ether oxygens (including phenoxy) is 1. The summed E-state index contributed by atoms with van der Waals surface area (Å²) in [5.41, 5.74) is 5.08. The molecule has 2 heterocycles. The second-order valence-corrected chi connectivity index (χ2v) is 4.53. The van der Waals surface area contributed by atoms with E-state index in [2.05, 4.69) is 4.98 Å². The molecule has 8 heteroatoms. The molecule has 0 unspecified atom stereocenters. The maximum absolute atomic E-state index is 11.9. The van der Waals surface area contributed by atoms with Crippen LogP contribution in [-0.2, 0) is 11.3 Å². The number of nitrogen functional groups attached to an aromatic ring is 1. The lowest BCUT2D eigenvalue weighted by Gasteiger charge is -2.20. The summed E-state index contributed by atoms with van der Waals surface area (Å²) in [5, 5.41) is 9.52. The van der Waals surface area contributed by atoms with Crippen molar-refractivity contribution in [3.05, 3.63) is 20.8 Å². The van der Waals surface area contributed by atoms with Crippen LogP contribution in [0.5, 0.6) is 0 Å². The molecule has 1 aromatic rings. The number of methoxy groups -OCH3 is 1. The molecule has 0 bridgehead atoms. The minimum atomic E-state index is -0.553. The molecule has 4 N–H and O–H groups in total. The van der Waals surface area contributed by atoms with Gasteiger partial charge in [0, 0.05) is 20.2 Å². The van der Waals surface area contributed by atoms with E-state index in [4.69, 9.17) is 10.5 Å². The van der Waals surface area contributed by atoms with Gasteiger partial charge in [-0.05, 0) is 6.42 Å². The van der Waals surface area contributed by atoms with Crippen molar-refractivity contribution in [2.75, 3.05) is 37.4 Å². The normalized spacial score (nSPS) is 19.1. The quantitative estimate of drug-likeness (QED) is 0.603. The van der Waals surface area contributed by atoms with Gasteiger partial charge in [0.05, 0.1) is 19.3 Å². The van der Waals surface area contributed by atoms with Crippen LogP contribution in [0.1, 0.15) is 6.42 Å². The molecule has 2 rings (SSSR count). The standard InChI is InChI=1S/C11H18N4O4/c1-19-5-4-15-9(12)8(10(17)13-11(15)18)14-3-2-7(16)6-14/h7,16H,2-6,12H2,1H3,(H,13,17,18)/t7-/m1/s1. The highest BCUT2D eigenvalue weighted by Crippen LogP contribution is 2.21. The first-order valence-electron chi connectivity index (χ1n) is 6.09. The van der Waals surface area contributed by atoms with E-state index < -0.39 is 17.4 Å². The van der Waals surface area contributed by atoms with Gasteiger partial charge in [0.2, 0.25) is 0 Å². The second-order valence-electron chi connectivity index (χ2n) is 4.53. The fourth-order valence-corrected chi connectivity index (χ4v) is 2.23. The molecule has 19 heavy (non-hydrogen) atoms. The van der Waals surface area contributed by atoms with Crippen molar-refractivity contribution in [1.82, 2.24) is 9.55 Å². The number of rotatable bonds is 4. The van der Waals surface area contributed by atoms with Gasteiger partial charge < -0.3 is 20.5 Å². The third-order valence-electron chi connectivity index (χ3n) is 3.21. The maximum atomic E-state index is 11.9. The van der Waals surface area contributed by atoms with Gasteiger partial charge in [0.25, 0.3) is 5.56 Å². The minimum absolute atomic E-state index is 0.111. The number of nitrogens with zero attached hydrogens (tertiary/aromatic N) is 2. The first kappa shape index (κ1) is 13.6. The van der Waals surface area contributed by atoms with Crippen LogP contribution in [0.3, 0.4) is 0 Å². The molecule has 1 aromatic heterocycles. The fourth-order valence-electron chi connectivity index (χ4n) is 2.23. The summed E-state index contributed by atoms with van der Waals surface area (Å²) in [5.74, 6) is 0.111. The van der Waals surface area contributed by atoms with Gasteiger partial charge in [-0.25, -0.2) is 4.79 Å². The Labute approximate surface area is 109 Å². The van der Waals surface area contributed by atoms with Gasteiger partial charge in [-0.15, -0.1) is 0 Å². The van der Waals surface area contributed by atoms with E-state index in [1.165, 1.54) is 11.7 Å². The molecular weight excluding hydrogens is 252 g/mol. The van der Waals surface area contributed by atoms with E-state index in [0.29, 0.717) is 26.1 Å². The van der Waals surface area contributed by atoms with Gasteiger partial charge in [-0.2, -0.15) is 0 Å². The number of nitrogens with one attached hydrogen (secondary N) is 1. The molecular formula is C11H18N4O4. The SMILES string of the molecule is COCCn1c(N)c(N2CC[C@@H](O)C2)c(=O)[nH]c1=O. The van der Waals surface area contributed by atoms with Crippen molar-refractivity contribution in [2.24, 2.45) is 0 Å². The van der Waals surface area contributed by atoms with Crippen LogP contribution in [0.2, 0.25) is 0 Å². The van der Waals surface area contributed by atoms with Crippen LogP contribution in [0.4, 0.5) is 11.5 Å². The number of aromatic amines is 1. The van der Waals surface area contributed by atoms with Crippen LogP contribution in [-0.4, -0.2) is 47.6 Å². The van der Waals surface area contributed by atoms with Crippen molar-refractivity contribution in [3.8, 4) is 0 Å². The third-order valence-corrected chi connectivity index (χ3v) is 3.21. The second kappa shape index (κ2) is 5.45. The van der Waals surface area contributed by atoms with Gasteiger partial charge in [0.15, 0.2) is 0 Å². The number of hydrogen-bond acceptors (Lipinski definition) is 6. The zero-order valence-electron chi connectivity index (χ0n) is 10.8. The minimum Gasteiger partial charge on any atom is -0.391 e. The summed E-state index contributed by atoms with van der Waals surface area (Å²) < 4.78 is 6.18. The van der Waals surface area contributed by atoms with Crippen molar-refractivity contribution >= 4 is 11.5 Å². The Morgan fingerprint density at radius 3 is 2.84 bits per heavy atom. The summed E-state index contributed by atoms with van der Waals surface area (Å²) in [6.45, 7) is 1.46. The highest BCUT2D eigenvalue weighted by molar-refractivity contribution is 5.63. The van der Waals surface area contributed by atoms with Crippen LogP contribution >= 0.6 is 0 Å². The molecule has 0 amide bonds. The first-order chi connectivity index (χ1) is 9.04. The lowest BCUT2D eigenvalue weighted by molar-refractivity contribution is 0.186. The van der Waals surface area contributed by atoms with E-state index in [1.807, 2.05) is 0 Å². The number of H-pyrrole nitrogens is 1. The van der Waals surface area contributed by atoms with E-state index >= 15 is 0 Å². The Kier molecular flexibility index (Phi) is 3.91. The number of hydrogen-bond donors (Lipinski definition) is 3. The zero-order chi connectivity index (χ0) is 14.0. The third kappa shape index (κ3) is 2.64. The molecule has 1 atom stereocenters. The van der Waals surface area contributed by atoms with Crippen molar-refractivity contribution < 1.29 is 9.84 Å². The highest BCUT2D eigenvalue weighted by atomic mass is 16.5. The maximum Gasteiger partial charge on any atom is 0.330 e. The van der Waals surface area contributed by atoms with Crippen LogP contribution in [0.25, 0.3) is 0 Å². The summed E-state index contributed by atoms with van der Waals surface area (Å²) in [6.07, 6.45) is 0.106. The molecule has 106 valence electrons. The lowest BCUT2D eigenvalue weighted by Crippen LogP contribution is -2.38. The number of anilines is 2. The van der Waals surface area contributed by atoms with E-state index in [1.54, 1.807) is 4.90 Å². The van der Waals surface area contributed by atoms with Crippen LogP contribution in [0.15, 0.2) is 9.59 Å². The fraction of sp³-hybridized carbons (Fsp3) is 0.636. The predicted molar refractivity (Wildman–Crippen MR) is 70.4 cm³/mol. The van der Waals surface area contributed by atoms with Gasteiger partial charge in [-0.3, -0.25) is 14.3 Å². The smallest absolute Gasteiger partial charge is 0.330 e. The topological polar surface area (TPSA) is 114 Å². The highest BCUT2D eigenvalue weighted by Gasteiger charge is 2.25. The van der Waals surface area contributed by atoms with Gasteiger partial charge in [-0.1, -0.05) is 0 Å². The number of β-amino-alcohol motifs (C(OH)–C–C–N with tert-alkyl or cyclic N) is 1. The molecule has 0 radical (unpaired) electrons. The molecule has 0 aliphatic carbocycles. The Morgan fingerprint density at radius 1 is 1.53 bits per heavy atom.